The third kappa shape index (κ3) is 3.48. The standard InChI is InChI=1S/C15H14ClNO2/c1-10-8-13(6-7-14(10)15(18)19)17-9-11-2-4-12(16)5-3-11/h2-8,17H,9H2,1H3,(H,18,19). The van der Waals surface area contributed by atoms with Crippen LogP contribution in [0.5, 0.6) is 0 Å². The van der Waals surface area contributed by atoms with E-state index in [4.69, 9.17) is 16.7 Å². The van der Waals surface area contributed by atoms with E-state index in [9.17, 15) is 4.79 Å². The summed E-state index contributed by atoms with van der Waals surface area (Å²) in [6.45, 7) is 2.46. The molecule has 3 nitrogen and oxygen atoms in total. The molecule has 0 saturated carbocycles. The van der Waals surface area contributed by atoms with Gasteiger partial charge in [-0.25, -0.2) is 4.79 Å². The average Bonchev–Trinajstić information content (AvgIpc) is 2.37. The van der Waals surface area contributed by atoms with Crippen LogP contribution in [0.25, 0.3) is 0 Å². The summed E-state index contributed by atoms with van der Waals surface area (Å²) < 4.78 is 0. The summed E-state index contributed by atoms with van der Waals surface area (Å²) in [5, 5.41) is 12.9. The summed E-state index contributed by atoms with van der Waals surface area (Å²) in [5.41, 5.74) is 3.09. The van der Waals surface area contributed by atoms with Crippen LogP contribution in [0.1, 0.15) is 21.5 Å². The second-order valence-electron chi connectivity index (χ2n) is 4.31. The van der Waals surface area contributed by atoms with Crippen LogP contribution >= 0.6 is 11.6 Å². The summed E-state index contributed by atoms with van der Waals surface area (Å²) in [5.74, 6) is -0.901. The number of aromatic carboxylic acids is 1. The van der Waals surface area contributed by atoms with Gasteiger partial charge < -0.3 is 10.4 Å². The quantitative estimate of drug-likeness (QED) is 0.888. The van der Waals surface area contributed by atoms with Crippen LogP contribution < -0.4 is 5.32 Å². The number of halogens is 1. The van der Waals surface area contributed by atoms with Crippen LogP contribution in [0.2, 0.25) is 5.02 Å². The van der Waals surface area contributed by atoms with Gasteiger partial charge in [0, 0.05) is 17.3 Å². The van der Waals surface area contributed by atoms with E-state index in [1.807, 2.05) is 30.3 Å². The molecule has 0 aliphatic rings. The van der Waals surface area contributed by atoms with Gasteiger partial charge >= 0.3 is 5.97 Å². The van der Waals surface area contributed by atoms with Gasteiger partial charge in [-0.05, 0) is 48.4 Å². The lowest BCUT2D eigenvalue weighted by Crippen LogP contribution is -2.03. The van der Waals surface area contributed by atoms with Crippen molar-refractivity contribution in [2.75, 3.05) is 5.32 Å². The minimum Gasteiger partial charge on any atom is -0.478 e. The van der Waals surface area contributed by atoms with Crippen molar-refractivity contribution in [1.82, 2.24) is 0 Å². The Morgan fingerprint density at radius 3 is 2.47 bits per heavy atom. The van der Waals surface area contributed by atoms with E-state index in [1.165, 1.54) is 0 Å². The van der Waals surface area contributed by atoms with E-state index in [1.54, 1.807) is 19.1 Å². The fourth-order valence-electron chi connectivity index (χ4n) is 1.82. The zero-order chi connectivity index (χ0) is 13.8. The van der Waals surface area contributed by atoms with Gasteiger partial charge in [0.15, 0.2) is 0 Å². The van der Waals surface area contributed by atoms with E-state index in [-0.39, 0.29) is 0 Å². The molecule has 4 heteroatoms. The first-order valence-electron chi connectivity index (χ1n) is 5.88. The van der Waals surface area contributed by atoms with Crippen molar-refractivity contribution in [2.24, 2.45) is 0 Å². The molecule has 0 unspecified atom stereocenters. The van der Waals surface area contributed by atoms with Gasteiger partial charge in [-0.3, -0.25) is 0 Å². The fraction of sp³-hybridized carbons (Fsp3) is 0.133. The zero-order valence-corrected chi connectivity index (χ0v) is 11.2. The number of carboxylic acids is 1. The molecule has 0 aliphatic carbocycles. The molecule has 0 aromatic heterocycles. The number of nitrogens with one attached hydrogen (secondary N) is 1. The van der Waals surface area contributed by atoms with Gasteiger partial charge in [0.2, 0.25) is 0 Å². The Morgan fingerprint density at radius 2 is 1.89 bits per heavy atom. The number of carbonyl (C=O) groups is 1. The monoisotopic (exact) mass is 275 g/mol. The highest BCUT2D eigenvalue weighted by Gasteiger charge is 2.06. The first-order valence-corrected chi connectivity index (χ1v) is 6.26. The van der Waals surface area contributed by atoms with Gasteiger partial charge in [-0.2, -0.15) is 0 Å². The van der Waals surface area contributed by atoms with Gasteiger partial charge in [0.1, 0.15) is 0 Å². The van der Waals surface area contributed by atoms with Crippen LogP contribution in [0.15, 0.2) is 42.5 Å². The Labute approximate surface area is 116 Å². The summed E-state index contributed by atoms with van der Waals surface area (Å²) in [6.07, 6.45) is 0. The van der Waals surface area contributed by atoms with E-state index >= 15 is 0 Å². The molecular weight excluding hydrogens is 262 g/mol. The van der Waals surface area contributed by atoms with Crippen molar-refractivity contribution in [3.05, 3.63) is 64.2 Å². The molecule has 0 spiro atoms. The SMILES string of the molecule is Cc1cc(NCc2ccc(Cl)cc2)ccc1C(=O)O. The molecule has 0 atom stereocenters. The Hall–Kier alpha value is -2.00. The lowest BCUT2D eigenvalue weighted by Gasteiger charge is -2.09. The number of hydrogen-bond acceptors (Lipinski definition) is 2. The molecule has 98 valence electrons. The normalized spacial score (nSPS) is 10.2. The molecule has 0 radical (unpaired) electrons. The molecule has 19 heavy (non-hydrogen) atoms. The van der Waals surface area contributed by atoms with Gasteiger partial charge in [0.25, 0.3) is 0 Å². The molecule has 0 saturated heterocycles. The molecule has 0 amide bonds. The number of benzene rings is 2. The average molecular weight is 276 g/mol. The fourth-order valence-corrected chi connectivity index (χ4v) is 1.95. The smallest absolute Gasteiger partial charge is 0.335 e. The first kappa shape index (κ1) is 13.4. The molecule has 2 N–H and O–H groups in total. The van der Waals surface area contributed by atoms with E-state index < -0.39 is 5.97 Å². The highest BCUT2D eigenvalue weighted by atomic mass is 35.5. The Kier molecular flexibility index (Phi) is 4.07. The topological polar surface area (TPSA) is 49.3 Å². The molecular formula is C15H14ClNO2. The van der Waals surface area contributed by atoms with E-state index in [2.05, 4.69) is 5.32 Å². The van der Waals surface area contributed by atoms with Crippen molar-refractivity contribution in [3.63, 3.8) is 0 Å². The van der Waals surface area contributed by atoms with Crippen molar-refractivity contribution < 1.29 is 9.90 Å². The lowest BCUT2D eigenvalue weighted by molar-refractivity contribution is 0.0696. The third-order valence-electron chi connectivity index (χ3n) is 2.87. The number of hydrogen-bond donors (Lipinski definition) is 2. The van der Waals surface area contributed by atoms with Crippen LogP contribution in [0.4, 0.5) is 5.69 Å². The molecule has 0 fully saturated rings. The number of carboxylic acid groups (broad SMARTS) is 1. The van der Waals surface area contributed by atoms with Crippen LogP contribution in [0, 0.1) is 6.92 Å². The van der Waals surface area contributed by atoms with Crippen molar-refractivity contribution >= 4 is 23.3 Å². The number of aryl methyl sites for hydroxylation is 1. The molecule has 0 heterocycles. The second kappa shape index (κ2) is 5.76. The van der Waals surface area contributed by atoms with Gasteiger partial charge in [-0.1, -0.05) is 23.7 Å². The Morgan fingerprint density at radius 1 is 1.21 bits per heavy atom. The lowest BCUT2D eigenvalue weighted by atomic mass is 10.1. The summed E-state index contributed by atoms with van der Waals surface area (Å²) in [4.78, 5) is 10.9. The van der Waals surface area contributed by atoms with Crippen molar-refractivity contribution in [1.29, 1.82) is 0 Å². The maximum atomic E-state index is 10.9. The predicted octanol–water partition coefficient (Wildman–Crippen LogP) is 3.96. The maximum absolute atomic E-state index is 10.9. The summed E-state index contributed by atoms with van der Waals surface area (Å²) >= 11 is 5.82. The van der Waals surface area contributed by atoms with Crippen LogP contribution in [-0.4, -0.2) is 11.1 Å². The minimum absolute atomic E-state index is 0.331. The number of rotatable bonds is 4. The predicted molar refractivity (Wildman–Crippen MR) is 76.9 cm³/mol. The minimum atomic E-state index is -0.901. The zero-order valence-electron chi connectivity index (χ0n) is 10.5. The molecule has 2 aromatic rings. The summed E-state index contributed by atoms with van der Waals surface area (Å²) in [6, 6.07) is 12.8. The highest BCUT2D eigenvalue weighted by Crippen LogP contribution is 2.17. The van der Waals surface area contributed by atoms with Gasteiger partial charge in [-0.15, -0.1) is 0 Å². The first-order chi connectivity index (χ1) is 9.06. The van der Waals surface area contributed by atoms with Crippen LogP contribution in [-0.2, 0) is 6.54 Å². The van der Waals surface area contributed by atoms with Crippen molar-refractivity contribution in [3.8, 4) is 0 Å². The maximum Gasteiger partial charge on any atom is 0.335 e. The van der Waals surface area contributed by atoms with E-state index in [0.29, 0.717) is 17.1 Å². The van der Waals surface area contributed by atoms with Gasteiger partial charge in [0.05, 0.1) is 5.56 Å². The highest BCUT2D eigenvalue weighted by molar-refractivity contribution is 6.30. The second-order valence-corrected chi connectivity index (χ2v) is 4.75. The third-order valence-corrected chi connectivity index (χ3v) is 3.12. The molecule has 2 rings (SSSR count). The number of anilines is 1. The molecule has 0 aliphatic heterocycles. The summed E-state index contributed by atoms with van der Waals surface area (Å²) in [7, 11) is 0. The van der Waals surface area contributed by atoms with Crippen molar-refractivity contribution in [2.45, 2.75) is 13.5 Å². The molecule has 0 bridgehead atoms. The van der Waals surface area contributed by atoms with E-state index in [0.717, 1.165) is 16.8 Å². The Balaban J connectivity index is 2.06. The van der Waals surface area contributed by atoms with Crippen LogP contribution in [0.3, 0.4) is 0 Å². The Bertz CT molecular complexity index is 594. The largest absolute Gasteiger partial charge is 0.478 e. The molecule has 2 aromatic carbocycles.